The minimum absolute atomic E-state index is 0.0227. The second-order valence-electron chi connectivity index (χ2n) is 6.94. The van der Waals surface area contributed by atoms with Gasteiger partial charge >= 0.3 is 0 Å². The van der Waals surface area contributed by atoms with Crippen LogP contribution in [0.25, 0.3) is 10.7 Å². The predicted octanol–water partition coefficient (Wildman–Crippen LogP) is 2.20. The molecule has 1 fully saturated rings. The van der Waals surface area contributed by atoms with Crippen molar-refractivity contribution in [2.24, 2.45) is 5.92 Å². The molecule has 1 amide bonds. The summed E-state index contributed by atoms with van der Waals surface area (Å²) in [6, 6.07) is 3.89. The number of morpholine rings is 1. The smallest absolute Gasteiger partial charge is 0.227 e. The fourth-order valence-electron chi connectivity index (χ4n) is 2.98. The zero-order valence-electron chi connectivity index (χ0n) is 15.3. The van der Waals surface area contributed by atoms with Gasteiger partial charge in [0.25, 0.3) is 0 Å². The Balaban J connectivity index is 1.38. The van der Waals surface area contributed by atoms with Gasteiger partial charge in [0.1, 0.15) is 0 Å². The molecule has 0 aromatic carbocycles. The van der Waals surface area contributed by atoms with Crippen molar-refractivity contribution in [1.29, 1.82) is 0 Å². The largest absolute Gasteiger partial charge is 0.374 e. The number of aromatic nitrogens is 2. The van der Waals surface area contributed by atoms with Crippen molar-refractivity contribution in [3.63, 3.8) is 0 Å². The molecular formula is C18H26N4O3S. The Labute approximate surface area is 157 Å². The summed E-state index contributed by atoms with van der Waals surface area (Å²) in [6.07, 6.45) is 0.823. The Morgan fingerprint density at radius 1 is 1.50 bits per heavy atom. The second kappa shape index (κ2) is 9.25. The maximum Gasteiger partial charge on any atom is 0.227 e. The number of hydrogen-bond acceptors (Lipinski definition) is 7. The van der Waals surface area contributed by atoms with E-state index in [1.54, 1.807) is 11.3 Å². The third kappa shape index (κ3) is 5.62. The number of carbonyl (C=O) groups excluding carboxylic acids is 1. The first-order valence-corrected chi connectivity index (χ1v) is 9.95. The number of hydrogen-bond donors (Lipinski definition) is 1. The van der Waals surface area contributed by atoms with Crippen LogP contribution in [-0.2, 0) is 16.0 Å². The van der Waals surface area contributed by atoms with Gasteiger partial charge in [-0.3, -0.25) is 9.69 Å². The average Bonchev–Trinajstić information content (AvgIpc) is 3.29. The normalized spacial score (nSPS) is 18.3. The van der Waals surface area contributed by atoms with Crippen molar-refractivity contribution >= 4 is 17.2 Å². The second-order valence-corrected chi connectivity index (χ2v) is 7.89. The summed E-state index contributed by atoms with van der Waals surface area (Å²) >= 11 is 1.56. The van der Waals surface area contributed by atoms with Crippen LogP contribution in [0.15, 0.2) is 22.0 Å². The Morgan fingerprint density at radius 2 is 2.38 bits per heavy atom. The highest BCUT2D eigenvalue weighted by Crippen LogP contribution is 2.21. The number of rotatable bonds is 8. The van der Waals surface area contributed by atoms with Gasteiger partial charge in [-0.2, -0.15) is 4.98 Å². The van der Waals surface area contributed by atoms with Crippen molar-refractivity contribution in [3.05, 3.63) is 23.4 Å². The van der Waals surface area contributed by atoms with Crippen LogP contribution in [0.5, 0.6) is 0 Å². The van der Waals surface area contributed by atoms with Gasteiger partial charge in [-0.05, 0) is 17.4 Å². The van der Waals surface area contributed by atoms with E-state index in [0.717, 1.165) is 31.1 Å². The first-order chi connectivity index (χ1) is 12.6. The molecule has 26 heavy (non-hydrogen) atoms. The van der Waals surface area contributed by atoms with Crippen LogP contribution in [-0.4, -0.2) is 59.8 Å². The average molecular weight is 378 g/mol. The van der Waals surface area contributed by atoms with Gasteiger partial charge in [0.05, 0.1) is 17.6 Å². The number of carbonyl (C=O) groups is 1. The monoisotopic (exact) mass is 378 g/mol. The van der Waals surface area contributed by atoms with Gasteiger partial charge < -0.3 is 14.6 Å². The molecule has 1 aliphatic rings. The van der Waals surface area contributed by atoms with Gasteiger partial charge in [0.2, 0.25) is 17.6 Å². The van der Waals surface area contributed by atoms with E-state index in [1.165, 1.54) is 0 Å². The minimum Gasteiger partial charge on any atom is -0.374 e. The predicted molar refractivity (Wildman–Crippen MR) is 100.0 cm³/mol. The van der Waals surface area contributed by atoms with Crippen molar-refractivity contribution in [2.75, 3.05) is 32.8 Å². The number of nitrogens with one attached hydrogen (secondary N) is 1. The van der Waals surface area contributed by atoms with Crippen LogP contribution >= 0.6 is 11.3 Å². The first kappa shape index (κ1) is 19.0. The summed E-state index contributed by atoms with van der Waals surface area (Å²) in [6.45, 7) is 8.59. The Morgan fingerprint density at radius 3 is 3.15 bits per heavy atom. The zero-order valence-corrected chi connectivity index (χ0v) is 16.1. The first-order valence-electron chi connectivity index (χ1n) is 9.07. The van der Waals surface area contributed by atoms with Crippen LogP contribution in [0.3, 0.4) is 0 Å². The number of nitrogens with zero attached hydrogens (tertiary/aromatic N) is 3. The molecule has 1 aliphatic heterocycles. The zero-order chi connectivity index (χ0) is 18.4. The fraction of sp³-hybridized carbons (Fsp3) is 0.611. The molecule has 7 nitrogen and oxygen atoms in total. The maximum absolute atomic E-state index is 12.1. The Kier molecular flexibility index (Phi) is 6.76. The highest BCUT2D eigenvalue weighted by molar-refractivity contribution is 7.13. The quantitative estimate of drug-likeness (QED) is 0.759. The lowest BCUT2D eigenvalue weighted by molar-refractivity contribution is -0.122. The van der Waals surface area contributed by atoms with Crippen LogP contribution in [0.4, 0.5) is 0 Å². The van der Waals surface area contributed by atoms with Crippen LogP contribution in [0, 0.1) is 5.92 Å². The van der Waals surface area contributed by atoms with E-state index in [0.29, 0.717) is 37.0 Å². The van der Waals surface area contributed by atoms with E-state index in [2.05, 4.69) is 34.2 Å². The van der Waals surface area contributed by atoms with E-state index in [-0.39, 0.29) is 12.0 Å². The Bertz CT molecular complexity index is 686. The van der Waals surface area contributed by atoms with E-state index >= 15 is 0 Å². The SMILES string of the molecule is CC(C)CN1CCOC(CNC(=O)CCc2nc(-c3cccs3)no2)C1. The Hall–Kier alpha value is -1.77. The van der Waals surface area contributed by atoms with Gasteiger partial charge in [-0.1, -0.05) is 25.1 Å². The molecule has 0 aliphatic carbocycles. The fourth-order valence-corrected chi connectivity index (χ4v) is 3.63. The third-order valence-electron chi connectivity index (χ3n) is 4.15. The van der Waals surface area contributed by atoms with Crippen LogP contribution in [0.1, 0.15) is 26.2 Å². The van der Waals surface area contributed by atoms with E-state index in [9.17, 15) is 4.79 Å². The molecule has 0 spiro atoms. The molecule has 2 aromatic rings. The molecule has 142 valence electrons. The maximum atomic E-state index is 12.1. The van der Waals surface area contributed by atoms with E-state index in [4.69, 9.17) is 9.26 Å². The highest BCUT2D eigenvalue weighted by Gasteiger charge is 2.21. The standard InChI is InChI=1S/C18H26N4O3S/c1-13(2)11-22-7-8-24-14(12-22)10-19-16(23)5-6-17-20-18(21-25-17)15-4-3-9-26-15/h3-4,9,13-14H,5-8,10-12H2,1-2H3,(H,19,23). The summed E-state index contributed by atoms with van der Waals surface area (Å²) in [7, 11) is 0. The lowest BCUT2D eigenvalue weighted by atomic mass is 10.2. The van der Waals surface area contributed by atoms with Crippen molar-refractivity contribution in [3.8, 4) is 10.7 Å². The third-order valence-corrected chi connectivity index (χ3v) is 5.01. The molecule has 3 heterocycles. The number of thiophene rings is 1. The molecule has 0 radical (unpaired) electrons. The molecule has 0 saturated carbocycles. The van der Waals surface area contributed by atoms with Gasteiger partial charge in [-0.15, -0.1) is 11.3 Å². The molecule has 1 unspecified atom stereocenters. The lowest BCUT2D eigenvalue weighted by Crippen LogP contribution is -2.48. The van der Waals surface area contributed by atoms with Gasteiger partial charge in [-0.25, -0.2) is 0 Å². The molecule has 0 bridgehead atoms. The number of ether oxygens (including phenoxy) is 1. The molecule has 8 heteroatoms. The molecule has 1 atom stereocenters. The molecule has 1 saturated heterocycles. The summed E-state index contributed by atoms with van der Waals surface area (Å²) < 4.78 is 11.0. The summed E-state index contributed by atoms with van der Waals surface area (Å²) in [4.78, 5) is 19.8. The topological polar surface area (TPSA) is 80.5 Å². The molecule has 2 aromatic heterocycles. The van der Waals surface area contributed by atoms with Crippen molar-refractivity contribution in [2.45, 2.75) is 32.8 Å². The summed E-state index contributed by atoms with van der Waals surface area (Å²) in [5.74, 6) is 1.68. The van der Waals surface area contributed by atoms with Gasteiger partial charge in [0, 0.05) is 39.0 Å². The number of aryl methyl sites for hydroxylation is 1. The summed E-state index contributed by atoms with van der Waals surface area (Å²) in [5, 5.41) is 8.87. The lowest BCUT2D eigenvalue weighted by Gasteiger charge is -2.33. The summed E-state index contributed by atoms with van der Waals surface area (Å²) in [5.41, 5.74) is 0. The molecule has 3 rings (SSSR count). The van der Waals surface area contributed by atoms with Gasteiger partial charge in [0.15, 0.2) is 0 Å². The molecular weight excluding hydrogens is 352 g/mol. The van der Waals surface area contributed by atoms with Crippen LogP contribution < -0.4 is 5.32 Å². The van der Waals surface area contributed by atoms with E-state index < -0.39 is 0 Å². The highest BCUT2D eigenvalue weighted by atomic mass is 32.1. The minimum atomic E-state index is -0.0227. The molecule has 1 N–H and O–H groups in total. The van der Waals surface area contributed by atoms with E-state index in [1.807, 2.05) is 17.5 Å². The number of amides is 1. The van der Waals surface area contributed by atoms with Crippen molar-refractivity contribution in [1.82, 2.24) is 20.4 Å². The van der Waals surface area contributed by atoms with Crippen LogP contribution in [0.2, 0.25) is 0 Å². The van der Waals surface area contributed by atoms with Crippen molar-refractivity contribution < 1.29 is 14.1 Å².